The summed E-state index contributed by atoms with van der Waals surface area (Å²) in [5.41, 5.74) is 3.07. The molecule has 2 heterocycles. The molecule has 0 aliphatic carbocycles. The van der Waals surface area contributed by atoms with E-state index in [0.29, 0.717) is 36.6 Å². The van der Waals surface area contributed by atoms with Crippen molar-refractivity contribution in [3.8, 4) is 0 Å². The smallest absolute Gasteiger partial charge is 0.321 e. The molecule has 4 rings (SSSR count). The van der Waals surface area contributed by atoms with Gasteiger partial charge in [0.2, 0.25) is 0 Å². The molecule has 1 fully saturated rings. The minimum absolute atomic E-state index is 0.0397. The number of carbonyl (C=O) groups is 2. The van der Waals surface area contributed by atoms with E-state index in [0.717, 1.165) is 22.2 Å². The highest BCUT2D eigenvalue weighted by atomic mass is 35.5. The molecular formula is C24H24ClN3O3. The highest BCUT2D eigenvalue weighted by Crippen LogP contribution is 2.28. The molecule has 1 aliphatic heterocycles. The van der Waals surface area contributed by atoms with Gasteiger partial charge in [0.15, 0.2) is 0 Å². The summed E-state index contributed by atoms with van der Waals surface area (Å²) < 4.78 is 5.54. The summed E-state index contributed by atoms with van der Waals surface area (Å²) in [5.74, 6) is -0.507. The standard InChI is InChI=1S/C24H24ClN3O3/c1-16-19-9-5-6-10-20(19)27-21(22(16)25)15-31-23(29)17-11-13-28(14-12-17)24(30)26-18-7-3-2-4-8-18/h2-10,17H,11-15H2,1H3,(H,26,30). The van der Waals surface area contributed by atoms with Crippen LogP contribution in [0.3, 0.4) is 0 Å². The normalized spacial score (nSPS) is 14.5. The maximum atomic E-state index is 12.6. The van der Waals surface area contributed by atoms with Gasteiger partial charge in [0.05, 0.1) is 22.2 Å². The largest absolute Gasteiger partial charge is 0.459 e. The van der Waals surface area contributed by atoms with Gasteiger partial charge in [-0.25, -0.2) is 9.78 Å². The number of hydrogen-bond donors (Lipinski definition) is 1. The summed E-state index contributed by atoms with van der Waals surface area (Å²) in [6.07, 6.45) is 1.14. The number of esters is 1. The first kappa shape index (κ1) is 21.1. The van der Waals surface area contributed by atoms with Gasteiger partial charge < -0.3 is 15.0 Å². The molecule has 6 nitrogen and oxygen atoms in total. The average molecular weight is 438 g/mol. The number of halogens is 1. The zero-order chi connectivity index (χ0) is 21.8. The Morgan fingerprint density at radius 1 is 1.10 bits per heavy atom. The van der Waals surface area contributed by atoms with Crippen LogP contribution >= 0.6 is 11.6 Å². The van der Waals surface area contributed by atoms with E-state index in [1.807, 2.05) is 61.5 Å². The number of amides is 2. The second-order valence-corrected chi connectivity index (χ2v) is 8.06. The molecule has 2 amide bonds. The van der Waals surface area contributed by atoms with E-state index in [1.165, 1.54) is 0 Å². The average Bonchev–Trinajstić information content (AvgIpc) is 2.81. The summed E-state index contributed by atoms with van der Waals surface area (Å²) in [7, 11) is 0. The van der Waals surface area contributed by atoms with Gasteiger partial charge in [-0.15, -0.1) is 0 Å². The molecule has 3 aromatic rings. The van der Waals surface area contributed by atoms with Gasteiger partial charge in [-0.2, -0.15) is 0 Å². The second kappa shape index (κ2) is 9.35. The first-order valence-electron chi connectivity index (χ1n) is 10.3. The fourth-order valence-electron chi connectivity index (χ4n) is 3.81. The third-order valence-corrected chi connectivity index (χ3v) is 6.14. The fourth-order valence-corrected chi connectivity index (χ4v) is 4.01. The molecule has 2 aromatic carbocycles. The first-order chi connectivity index (χ1) is 15.0. The van der Waals surface area contributed by atoms with Crippen LogP contribution in [0.4, 0.5) is 10.5 Å². The van der Waals surface area contributed by atoms with E-state index in [1.54, 1.807) is 4.90 Å². The lowest BCUT2D eigenvalue weighted by molar-refractivity contribution is -0.151. The van der Waals surface area contributed by atoms with E-state index in [2.05, 4.69) is 10.3 Å². The van der Waals surface area contributed by atoms with Crippen LogP contribution in [0.1, 0.15) is 24.1 Å². The van der Waals surface area contributed by atoms with Crippen molar-refractivity contribution in [3.63, 3.8) is 0 Å². The van der Waals surface area contributed by atoms with Crippen LogP contribution in [-0.4, -0.2) is 35.0 Å². The summed E-state index contributed by atoms with van der Waals surface area (Å²) in [5, 5.41) is 4.39. The first-order valence-corrected chi connectivity index (χ1v) is 10.7. The number of rotatable bonds is 4. The molecule has 0 atom stereocenters. The number of fused-ring (bicyclic) bond motifs is 1. The number of urea groups is 1. The Morgan fingerprint density at radius 2 is 1.77 bits per heavy atom. The van der Waals surface area contributed by atoms with Crippen LogP contribution in [0.2, 0.25) is 5.02 Å². The van der Waals surface area contributed by atoms with Crippen molar-refractivity contribution in [3.05, 3.63) is 70.9 Å². The molecule has 1 aliphatic rings. The number of para-hydroxylation sites is 2. The summed E-state index contributed by atoms with van der Waals surface area (Å²) >= 11 is 6.46. The third-order valence-electron chi connectivity index (χ3n) is 5.64. The second-order valence-electron chi connectivity index (χ2n) is 7.68. The number of aromatic nitrogens is 1. The lowest BCUT2D eigenvalue weighted by Gasteiger charge is -2.31. The monoisotopic (exact) mass is 437 g/mol. The number of hydrogen-bond acceptors (Lipinski definition) is 4. The van der Waals surface area contributed by atoms with E-state index in [4.69, 9.17) is 16.3 Å². The fraction of sp³-hybridized carbons (Fsp3) is 0.292. The molecule has 0 unspecified atom stereocenters. The molecule has 0 saturated carbocycles. The molecule has 160 valence electrons. The lowest BCUT2D eigenvalue weighted by atomic mass is 9.97. The highest BCUT2D eigenvalue weighted by Gasteiger charge is 2.28. The highest BCUT2D eigenvalue weighted by molar-refractivity contribution is 6.32. The molecule has 0 bridgehead atoms. The van der Waals surface area contributed by atoms with Crippen LogP contribution in [0, 0.1) is 12.8 Å². The molecule has 0 radical (unpaired) electrons. The van der Waals surface area contributed by atoms with Crippen LogP contribution in [0.25, 0.3) is 10.9 Å². The molecule has 1 aromatic heterocycles. The Balaban J connectivity index is 1.31. The Labute approximate surface area is 186 Å². The third kappa shape index (κ3) is 4.80. The van der Waals surface area contributed by atoms with Crippen molar-refractivity contribution in [2.45, 2.75) is 26.4 Å². The SMILES string of the molecule is Cc1c(Cl)c(COC(=O)C2CCN(C(=O)Nc3ccccc3)CC2)nc2ccccc12. The van der Waals surface area contributed by atoms with Gasteiger partial charge in [-0.1, -0.05) is 48.0 Å². The number of nitrogens with zero attached hydrogens (tertiary/aromatic N) is 2. The zero-order valence-corrected chi connectivity index (χ0v) is 18.1. The number of pyridine rings is 1. The van der Waals surface area contributed by atoms with E-state index in [-0.39, 0.29) is 24.5 Å². The van der Waals surface area contributed by atoms with Gasteiger partial charge in [0, 0.05) is 24.2 Å². The summed E-state index contributed by atoms with van der Waals surface area (Å²) in [4.78, 5) is 31.3. The van der Waals surface area contributed by atoms with Gasteiger partial charge >= 0.3 is 12.0 Å². The van der Waals surface area contributed by atoms with Gasteiger partial charge in [-0.05, 0) is 43.5 Å². The minimum Gasteiger partial charge on any atom is -0.459 e. The van der Waals surface area contributed by atoms with Crippen molar-refractivity contribution < 1.29 is 14.3 Å². The number of piperidine rings is 1. The van der Waals surface area contributed by atoms with E-state index < -0.39 is 0 Å². The van der Waals surface area contributed by atoms with Crippen molar-refractivity contribution in [2.24, 2.45) is 5.92 Å². The number of likely N-dealkylation sites (tertiary alicyclic amines) is 1. The van der Waals surface area contributed by atoms with Crippen LogP contribution < -0.4 is 5.32 Å². The maximum Gasteiger partial charge on any atom is 0.321 e. The molecule has 0 spiro atoms. The van der Waals surface area contributed by atoms with Crippen LogP contribution in [0.15, 0.2) is 54.6 Å². The van der Waals surface area contributed by atoms with E-state index >= 15 is 0 Å². The topological polar surface area (TPSA) is 71.5 Å². The Morgan fingerprint density at radius 3 is 2.52 bits per heavy atom. The van der Waals surface area contributed by atoms with Gasteiger partial charge in [0.25, 0.3) is 0 Å². The Bertz CT molecular complexity index is 1100. The minimum atomic E-state index is -0.271. The number of carbonyl (C=O) groups excluding carboxylic acids is 2. The number of ether oxygens (including phenoxy) is 1. The summed E-state index contributed by atoms with van der Waals surface area (Å²) in [6, 6.07) is 16.9. The van der Waals surface area contributed by atoms with Crippen molar-refractivity contribution in [2.75, 3.05) is 18.4 Å². The number of benzene rings is 2. The van der Waals surface area contributed by atoms with E-state index in [9.17, 15) is 9.59 Å². The number of aryl methyl sites for hydroxylation is 1. The lowest BCUT2D eigenvalue weighted by Crippen LogP contribution is -2.42. The maximum absolute atomic E-state index is 12.6. The van der Waals surface area contributed by atoms with Crippen molar-refractivity contribution >= 4 is 40.2 Å². The van der Waals surface area contributed by atoms with Crippen LogP contribution in [-0.2, 0) is 16.1 Å². The molecule has 1 N–H and O–H groups in total. The predicted molar refractivity (Wildman–Crippen MR) is 121 cm³/mol. The van der Waals surface area contributed by atoms with Gasteiger partial charge in [-0.3, -0.25) is 4.79 Å². The molecule has 31 heavy (non-hydrogen) atoms. The van der Waals surface area contributed by atoms with Crippen molar-refractivity contribution in [1.29, 1.82) is 0 Å². The van der Waals surface area contributed by atoms with Crippen LogP contribution in [0.5, 0.6) is 0 Å². The van der Waals surface area contributed by atoms with Crippen molar-refractivity contribution in [1.82, 2.24) is 9.88 Å². The number of nitrogens with one attached hydrogen (secondary N) is 1. The number of anilines is 1. The quantitative estimate of drug-likeness (QED) is 0.570. The Hall–Kier alpha value is -3.12. The van der Waals surface area contributed by atoms with Gasteiger partial charge in [0.1, 0.15) is 6.61 Å². The molecule has 7 heteroatoms. The molecular weight excluding hydrogens is 414 g/mol. The summed E-state index contributed by atoms with van der Waals surface area (Å²) in [6.45, 7) is 2.99. The Kier molecular flexibility index (Phi) is 6.37. The zero-order valence-electron chi connectivity index (χ0n) is 17.3. The molecule has 1 saturated heterocycles. The predicted octanol–water partition coefficient (Wildman–Crippen LogP) is 5.18.